The third kappa shape index (κ3) is 6.54. The molecular weight excluding hydrogens is 488 g/mol. The number of carbonyl (C=O) groups is 3. The fourth-order valence-corrected chi connectivity index (χ4v) is 5.29. The number of aliphatic carboxylic acids is 2. The molecule has 3 aromatic rings. The van der Waals surface area contributed by atoms with Crippen LogP contribution in [0.3, 0.4) is 0 Å². The molecule has 9 heteroatoms. The normalized spacial score (nSPS) is 14.7. The summed E-state index contributed by atoms with van der Waals surface area (Å²) in [6.45, 7) is 7.04. The van der Waals surface area contributed by atoms with Gasteiger partial charge in [0.1, 0.15) is 0 Å². The number of carbonyl (C=O) groups excluding carboxylic acids is 1. The first-order valence-electron chi connectivity index (χ1n) is 11.2. The molecule has 0 saturated heterocycles. The fraction of sp³-hybridized carbons (Fsp3) is 0.269. The van der Waals surface area contributed by atoms with Crippen LogP contribution in [0.1, 0.15) is 24.7 Å². The molecule has 1 aliphatic heterocycles. The molecule has 7 nitrogen and oxygen atoms in total. The standard InChI is InChI=1S/C24H25ClN2OS.C2H2O4/c1-3-26(4-2)16-23(28)27-15-22(18-9-12-19(25)13-10-18)29-21-14-11-17-7-5-6-8-20(17)24(21)27;3-1(4)2(5)6/h5-14,22H,3-4,15-16H2,1-2H3;(H,3,4)(H,5,6). The monoisotopic (exact) mass is 514 g/mol. The number of benzene rings is 3. The van der Waals surface area contributed by atoms with Crippen molar-refractivity contribution in [1.82, 2.24) is 4.90 Å². The summed E-state index contributed by atoms with van der Waals surface area (Å²) in [6.07, 6.45) is 0. The van der Waals surface area contributed by atoms with Crippen LogP contribution < -0.4 is 4.90 Å². The number of anilines is 1. The maximum absolute atomic E-state index is 13.4. The van der Waals surface area contributed by atoms with Gasteiger partial charge in [0.25, 0.3) is 0 Å². The smallest absolute Gasteiger partial charge is 0.414 e. The molecule has 184 valence electrons. The second kappa shape index (κ2) is 12.1. The van der Waals surface area contributed by atoms with Gasteiger partial charge in [0.15, 0.2) is 0 Å². The second-order valence-electron chi connectivity index (χ2n) is 7.87. The van der Waals surface area contributed by atoms with Crippen LogP contribution in [0.25, 0.3) is 10.8 Å². The molecular formula is C26H27ClN2O5S. The predicted octanol–water partition coefficient (Wildman–Crippen LogP) is 5.17. The molecule has 35 heavy (non-hydrogen) atoms. The van der Waals surface area contributed by atoms with Gasteiger partial charge in [0.05, 0.1) is 17.5 Å². The number of hydrogen-bond donors (Lipinski definition) is 2. The summed E-state index contributed by atoms with van der Waals surface area (Å²) in [5, 5.41) is 18.0. The van der Waals surface area contributed by atoms with E-state index in [2.05, 4.69) is 55.1 Å². The molecule has 0 aliphatic carbocycles. The summed E-state index contributed by atoms with van der Waals surface area (Å²) in [5.74, 6) is -3.49. The third-order valence-electron chi connectivity index (χ3n) is 5.73. The fourth-order valence-electron chi connectivity index (χ4n) is 3.86. The Balaban J connectivity index is 0.000000509. The second-order valence-corrected chi connectivity index (χ2v) is 9.55. The minimum atomic E-state index is -1.82. The Labute approximate surface area is 213 Å². The number of carboxylic acids is 2. The van der Waals surface area contributed by atoms with Gasteiger partial charge in [-0.15, -0.1) is 11.8 Å². The van der Waals surface area contributed by atoms with E-state index in [1.165, 1.54) is 5.56 Å². The van der Waals surface area contributed by atoms with Gasteiger partial charge in [-0.3, -0.25) is 9.69 Å². The van der Waals surface area contributed by atoms with Crippen LogP contribution >= 0.6 is 23.4 Å². The summed E-state index contributed by atoms with van der Waals surface area (Å²) in [6, 6.07) is 20.6. The molecule has 0 radical (unpaired) electrons. The van der Waals surface area contributed by atoms with Crippen LogP contribution in [0.15, 0.2) is 65.6 Å². The van der Waals surface area contributed by atoms with Gasteiger partial charge in [0.2, 0.25) is 5.91 Å². The summed E-state index contributed by atoms with van der Waals surface area (Å²) in [7, 11) is 0. The molecule has 1 unspecified atom stereocenters. The Bertz CT molecular complexity index is 1200. The van der Waals surface area contributed by atoms with E-state index in [0.29, 0.717) is 13.1 Å². The van der Waals surface area contributed by atoms with Gasteiger partial charge < -0.3 is 15.1 Å². The SMILES string of the molecule is CCN(CC)CC(=O)N1CC(c2ccc(Cl)cc2)Sc2ccc3ccccc3c21.O=C(O)C(=O)O. The quantitative estimate of drug-likeness (QED) is 0.453. The summed E-state index contributed by atoms with van der Waals surface area (Å²) < 4.78 is 0. The minimum absolute atomic E-state index is 0.158. The molecule has 2 N–H and O–H groups in total. The lowest BCUT2D eigenvalue weighted by Gasteiger charge is -2.36. The van der Waals surface area contributed by atoms with Gasteiger partial charge in [-0.1, -0.05) is 67.9 Å². The maximum atomic E-state index is 13.4. The van der Waals surface area contributed by atoms with E-state index in [9.17, 15) is 4.79 Å². The number of halogens is 1. The van der Waals surface area contributed by atoms with Gasteiger partial charge >= 0.3 is 11.9 Å². The molecule has 1 amide bonds. The first kappa shape index (κ1) is 26.5. The first-order valence-corrected chi connectivity index (χ1v) is 12.4. The molecule has 0 saturated carbocycles. The van der Waals surface area contributed by atoms with Crippen molar-refractivity contribution in [3.05, 3.63) is 71.2 Å². The zero-order valence-electron chi connectivity index (χ0n) is 19.5. The Morgan fingerprint density at radius 1 is 0.971 bits per heavy atom. The topological polar surface area (TPSA) is 98.2 Å². The van der Waals surface area contributed by atoms with Crippen LogP contribution in [0, 0.1) is 0 Å². The van der Waals surface area contributed by atoms with Crippen LogP contribution in [0.5, 0.6) is 0 Å². The zero-order valence-corrected chi connectivity index (χ0v) is 21.1. The molecule has 4 rings (SSSR count). The highest BCUT2D eigenvalue weighted by molar-refractivity contribution is 7.99. The molecule has 1 aliphatic rings. The Morgan fingerprint density at radius 2 is 1.60 bits per heavy atom. The van der Waals surface area contributed by atoms with Crippen molar-refractivity contribution in [2.24, 2.45) is 0 Å². The van der Waals surface area contributed by atoms with Crippen molar-refractivity contribution < 1.29 is 24.6 Å². The minimum Gasteiger partial charge on any atom is -0.473 e. The van der Waals surface area contributed by atoms with Crippen LogP contribution in [0.2, 0.25) is 5.02 Å². The molecule has 0 fully saturated rings. The maximum Gasteiger partial charge on any atom is 0.414 e. The average molecular weight is 515 g/mol. The highest BCUT2D eigenvalue weighted by atomic mass is 35.5. The number of likely N-dealkylation sites (N-methyl/N-ethyl adjacent to an activating group) is 1. The Hall–Kier alpha value is -3.07. The first-order chi connectivity index (χ1) is 16.7. The van der Waals surface area contributed by atoms with Gasteiger partial charge in [0, 0.05) is 21.8 Å². The number of thioether (sulfide) groups is 1. The van der Waals surface area contributed by atoms with E-state index in [0.717, 1.165) is 39.5 Å². The number of carboxylic acid groups (broad SMARTS) is 2. The summed E-state index contributed by atoms with van der Waals surface area (Å²) in [4.78, 5) is 37.0. The molecule has 1 atom stereocenters. The van der Waals surface area contributed by atoms with E-state index in [1.54, 1.807) is 0 Å². The summed E-state index contributed by atoms with van der Waals surface area (Å²) in [5.41, 5.74) is 2.24. The van der Waals surface area contributed by atoms with E-state index in [-0.39, 0.29) is 11.2 Å². The van der Waals surface area contributed by atoms with Crippen molar-refractivity contribution in [1.29, 1.82) is 0 Å². The number of amides is 1. The predicted molar refractivity (Wildman–Crippen MR) is 139 cm³/mol. The molecule has 0 bridgehead atoms. The number of nitrogens with zero attached hydrogens (tertiary/aromatic N) is 2. The third-order valence-corrected chi connectivity index (χ3v) is 7.27. The van der Waals surface area contributed by atoms with Crippen molar-refractivity contribution in [2.45, 2.75) is 24.0 Å². The lowest BCUT2D eigenvalue weighted by atomic mass is 10.1. The lowest BCUT2D eigenvalue weighted by molar-refractivity contribution is -0.159. The van der Waals surface area contributed by atoms with Crippen molar-refractivity contribution in [3.63, 3.8) is 0 Å². The number of hydrogen-bond acceptors (Lipinski definition) is 5. The van der Waals surface area contributed by atoms with Crippen LogP contribution in [-0.2, 0) is 14.4 Å². The van der Waals surface area contributed by atoms with E-state index in [1.807, 2.05) is 40.9 Å². The highest BCUT2D eigenvalue weighted by Crippen LogP contribution is 2.48. The summed E-state index contributed by atoms with van der Waals surface area (Å²) >= 11 is 7.92. The van der Waals surface area contributed by atoms with Gasteiger partial charge in [-0.25, -0.2) is 9.59 Å². The van der Waals surface area contributed by atoms with Gasteiger partial charge in [-0.05, 0) is 42.2 Å². The van der Waals surface area contributed by atoms with Gasteiger partial charge in [-0.2, -0.15) is 0 Å². The Kier molecular flexibility index (Phi) is 9.14. The van der Waals surface area contributed by atoms with Crippen molar-refractivity contribution >= 4 is 57.7 Å². The van der Waals surface area contributed by atoms with E-state index < -0.39 is 11.9 Å². The molecule has 1 heterocycles. The molecule has 0 aromatic heterocycles. The number of rotatable bonds is 5. The largest absolute Gasteiger partial charge is 0.473 e. The van der Waals surface area contributed by atoms with Crippen LogP contribution in [-0.4, -0.2) is 59.1 Å². The highest BCUT2D eigenvalue weighted by Gasteiger charge is 2.32. The molecule has 0 spiro atoms. The lowest BCUT2D eigenvalue weighted by Crippen LogP contribution is -2.43. The Morgan fingerprint density at radius 3 is 2.20 bits per heavy atom. The van der Waals surface area contributed by atoms with Crippen molar-refractivity contribution in [2.75, 3.05) is 31.1 Å². The number of fused-ring (bicyclic) bond motifs is 3. The van der Waals surface area contributed by atoms with E-state index in [4.69, 9.17) is 31.4 Å². The van der Waals surface area contributed by atoms with Crippen LogP contribution in [0.4, 0.5) is 5.69 Å². The average Bonchev–Trinajstić information content (AvgIpc) is 2.87. The molecule has 3 aromatic carbocycles. The van der Waals surface area contributed by atoms with E-state index >= 15 is 0 Å². The van der Waals surface area contributed by atoms with Crippen molar-refractivity contribution in [3.8, 4) is 0 Å². The zero-order chi connectivity index (χ0) is 25.5.